The van der Waals surface area contributed by atoms with Gasteiger partial charge in [0.15, 0.2) is 5.16 Å². The summed E-state index contributed by atoms with van der Waals surface area (Å²) >= 11 is 4.57. The van der Waals surface area contributed by atoms with E-state index in [0.29, 0.717) is 27.0 Å². The molecule has 0 saturated carbocycles. The first-order valence-electron chi connectivity index (χ1n) is 5.24. The average Bonchev–Trinajstić information content (AvgIpc) is 2.41. The minimum atomic E-state index is -0.374. The van der Waals surface area contributed by atoms with Crippen molar-refractivity contribution >= 4 is 45.0 Å². The third kappa shape index (κ3) is 3.55. The van der Waals surface area contributed by atoms with Crippen molar-refractivity contribution in [2.75, 3.05) is 17.0 Å². The number of benzene rings is 1. The van der Waals surface area contributed by atoms with Gasteiger partial charge in [0.25, 0.3) is 0 Å². The Bertz CT molecular complexity index is 573. The van der Waals surface area contributed by atoms with E-state index in [4.69, 9.17) is 5.84 Å². The fourth-order valence-electron chi connectivity index (χ4n) is 1.38. The first kappa shape index (κ1) is 14.0. The number of nitrogens with zero attached hydrogens (tertiary/aromatic N) is 2. The standard InChI is InChI=1S/C11H11BrFN5S/c1-19-11-16-9(5-10(17-11)18-14)15-8-3-2-6(12)4-7(8)13/h2-5H,14H2,1H3,(H2,15,16,17,18). The number of aromatic nitrogens is 2. The zero-order valence-corrected chi connectivity index (χ0v) is 12.3. The van der Waals surface area contributed by atoms with Crippen LogP contribution in [0.1, 0.15) is 0 Å². The molecule has 0 amide bonds. The summed E-state index contributed by atoms with van der Waals surface area (Å²) in [6, 6.07) is 6.34. The van der Waals surface area contributed by atoms with Crippen LogP contribution in [0, 0.1) is 5.82 Å². The molecule has 5 nitrogen and oxygen atoms in total. The van der Waals surface area contributed by atoms with Crippen molar-refractivity contribution in [3.8, 4) is 0 Å². The smallest absolute Gasteiger partial charge is 0.191 e. The molecule has 4 N–H and O–H groups in total. The molecule has 100 valence electrons. The van der Waals surface area contributed by atoms with E-state index in [0.717, 1.165) is 0 Å². The molecule has 19 heavy (non-hydrogen) atoms. The lowest BCUT2D eigenvalue weighted by atomic mass is 10.3. The first-order chi connectivity index (χ1) is 9.12. The van der Waals surface area contributed by atoms with Crippen LogP contribution in [0.25, 0.3) is 0 Å². The van der Waals surface area contributed by atoms with E-state index in [-0.39, 0.29) is 5.82 Å². The highest BCUT2D eigenvalue weighted by Crippen LogP contribution is 2.24. The number of nitrogens with two attached hydrogens (primary N) is 1. The fourth-order valence-corrected chi connectivity index (χ4v) is 2.10. The molecule has 0 aliphatic heterocycles. The molecule has 2 aromatic rings. The largest absolute Gasteiger partial charge is 0.338 e. The number of hydrogen-bond donors (Lipinski definition) is 3. The molecule has 1 aromatic heterocycles. The van der Waals surface area contributed by atoms with E-state index in [1.165, 1.54) is 17.8 Å². The molecule has 0 spiro atoms. The molecule has 0 unspecified atom stereocenters. The van der Waals surface area contributed by atoms with E-state index in [9.17, 15) is 4.39 Å². The van der Waals surface area contributed by atoms with Crippen molar-refractivity contribution in [1.29, 1.82) is 0 Å². The van der Waals surface area contributed by atoms with Gasteiger partial charge < -0.3 is 10.7 Å². The summed E-state index contributed by atoms with van der Waals surface area (Å²) in [7, 11) is 0. The van der Waals surface area contributed by atoms with Crippen molar-refractivity contribution in [1.82, 2.24) is 9.97 Å². The highest BCUT2D eigenvalue weighted by Gasteiger charge is 2.07. The summed E-state index contributed by atoms with van der Waals surface area (Å²) in [6.07, 6.45) is 1.85. The molecule has 0 atom stereocenters. The van der Waals surface area contributed by atoms with Gasteiger partial charge in [-0.2, -0.15) is 0 Å². The SMILES string of the molecule is CSc1nc(NN)cc(Nc2ccc(Br)cc2F)n1. The Labute approximate surface area is 122 Å². The monoisotopic (exact) mass is 343 g/mol. The second kappa shape index (κ2) is 6.18. The quantitative estimate of drug-likeness (QED) is 0.342. The van der Waals surface area contributed by atoms with Crippen LogP contribution in [-0.4, -0.2) is 16.2 Å². The molecule has 0 radical (unpaired) electrons. The van der Waals surface area contributed by atoms with Gasteiger partial charge in [-0.15, -0.1) is 0 Å². The maximum atomic E-state index is 13.7. The van der Waals surface area contributed by atoms with Crippen LogP contribution >= 0.6 is 27.7 Å². The zero-order chi connectivity index (χ0) is 13.8. The number of hydrazine groups is 1. The van der Waals surface area contributed by atoms with Crippen molar-refractivity contribution < 1.29 is 4.39 Å². The Morgan fingerprint density at radius 1 is 1.26 bits per heavy atom. The van der Waals surface area contributed by atoms with Gasteiger partial charge in [0.2, 0.25) is 0 Å². The van der Waals surface area contributed by atoms with E-state index in [1.54, 1.807) is 18.2 Å². The zero-order valence-electron chi connectivity index (χ0n) is 9.95. The van der Waals surface area contributed by atoms with Gasteiger partial charge in [0.05, 0.1) is 5.69 Å². The minimum absolute atomic E-state index is 0.330. The van der Waals surface area contributed by atoms with Crippen molar-refractivity contribution in [2.24, 2.45) is 5.84 Å². The third-order valence-electron chi connectivity index (χ3n) is 2.23. The Balaban J connectivity index is 2.31. The highest BCUT2D eigenvalue weighted by molar-refractivity contribution is 9.10. The van der Waals surface area contributed by atoms with Crippen LogP contribution in [0.5, 0.6) is 0 Å². The van der Waals surface area contributed by atoms with Gasteiger partial charge >= 0.3 is 0 Å². The number of anilines is 3. The molecular weight excluding hydrogens is 333 g/mol. The molecule has 0 saturated heterocycles. The summed E-state index contributed by atoms with van der Waals surface area (Å²) in [4.78, 5) is 8.35. The molecule has 0 aliphatic rings. The third-order valence-corrected chi connectivity index (χ3v) is 3.27. The van der Waals surface area contributed by atoms with E-state index < -0.39 is 0 Å². The van der Waals surface area contributed by atoms with Crippen LogP contribution in [-0.2, 0) is 0 Å². The Hall–Kier alpha value is -1.38. The van der Waals surface area contributed by atoms with E-state index in [2.05, 4.69) is 36.6 Å². The molecule has 0 bridgehead atoms. The minimum Gasteiger partial charge on any atom is -0.338 e. The number of nitrogen functional groups attached to an aromatic ring is 1. The molecule has 8 heteroatoms. The summed E-state index contributed by atoms with van der Waals surface area (Å²) in [5.74, 6) is 5.88. The summed E-state index contributed by atoms with van der Waals surface area (Å²) < 4.78 is 14.4. The second-order valence-corrected chi connectivity index (χ2v) is 5.21. The van der Waals surface area contributed by atoms with Gasteiger partial charge in [-0.05, 0) is 24.5 Å². The van der Waals surface area contributed by atoms with E-state index >= 15 is 0 Å². The van der Waals surface area contributed by atoms with Crippen molar-refractivity contribution in [3.05, 3.63) is 34.6 Å². The molecule has 1 heterocycles. The lowest BCUT2D eigenvalue weighted by Crippen LogP contribution is -2.10. The van der Waals surface area contributed by atoms with Crippen LogP contribution in [0.15, 0.2) is 33.9 Å². The van der Waals surface area contributed by atoms with Gasteiger partial charge in [-0.1, -0.05) is 27.7 Å². The summed E-state index contributed by atoms with van der Waals surface area (Å²) in [5.41, 5.74) is 2.78. The van der Waals surface area contributed by atoms with Crippen molar-refractivity contribution in [2.45, 2.75) is 5.16 Å². The van der Waals surface area contributed by atoms with Gasteiger partial charge in [0.1, 0.15) is 17.5 Å². The van der Waals surface area contributed by atoms with E-state index in [1.807, 2.05) is 6.26 Å². The number of nitrogens with one attached hydrogen (secondary N) is 2. The number of thioether (sulfide) groups is 1. The Morgan fingerprint density at radius 3 is 2.63 bits per heavy atom. The lowest BCUT2D eigenvalue weighted by Gasteiger charge is -2.09. The first-order valence-corrected chi connectivity index (χ1v) is 7.26. The maximum absolute atomic E-state index is 13.7. The fraction of sp³-hybridized carbons (Fsp3) is 0.0909. The van der Waals surface area contributed by atoms with Crippen LogP contribution in [0.3, 0.4) is 0 Å². The predicted octanol–water partition coefficient (Wildman–Crippen LogP) is 3.13. The molecule has 0 fully saturated rings. The summed E-state index contributed by atoms with van der Waals surface area (Å²) in [5, 5.41) is 3.43. The number of halogens is 2. The number of rotatable bonds is 4. The van der Waals surface area contributed by atoms with Gasteiger partial charge in [-0.3, -0.25) is 0 Å². The molecule has 1 aromatic carbocycles. The van der Waals surface area contributed by atoms with Crippen LogP contribution in [0.2, 0.25) is 0 Å². The van der Waals surface area contributed by atoms with Crippen LogP contribution in [0.4, 0.5) is 21.7 Å². The highest BCUT2D eigenvalue weighted by atomic mass is 79.9. The maximum Gasteiger partial charge on any atom is 0.191 e. The van der Waals surface area contributed by atoms with Crippen LogP contribution < -0.4 is 16.6 Å². The molecule has 2 rings (SSSR count). The summed E-state index contributed by atoms with van der Waals surface area (Å²) in [6.45, 7) is 0. The average molecular weight is 344 g/mol. The topological polar surface area (TPSA) is 75.9 Å². The number of hydrogen-bond acceptors (Lipinski definition) is 6. The van der Waals surface area contributed by atoms with Crippen molar-refractivity contribution in [3.63, 3.8) is 0 Å². The predicted molar refractivity (Wildman–Crippen MR) is 79.0 cm³/mol. The lowest BCUT2D eigenvalue weighted by molar-refractivity contribution is 0.631. The molecule has 0 aliphatic carbocycles. The normalized spacial score (nSPS) is 10.3. The van der Waals surface area contributed by atoms with Gasteiger partial charge in [0, 0.05) is 10.5 Å². The second-order valence-electron chi connectivity index (χ2n) is 3.52. The Morgan fingerprint density at radius 2 is 2.00 bits per heavy atom. The Kier molecular flexibility index (Phi) is 4.56. The molecular formula is C11H11BrFN5S. The van der Waals surface area contributed by atoms with Gasteiger partial charge in [-0.25, -0.2) is 20.2 Å².